The summed E-state index contributed by atoms with van der Waals surface area (Å²) in [5, 5.41) is 51.8. The molecule has 230 valence electrons. The van der Waals surface area contributed by atoms with Crippen LogP contribution in [0.3, 0.4) is 0 Å². The van der Waals surface area contributed by atoms with Crippen molar-refractivity contribution in [2.24, 2.45) is 46.3 Å². The van der Waals surface area contributed by atoms with Crippen molar-refractivity contribution in [3.05, 3.63) is 11.6 Å². The van der Waals surface area contributed by atoms with Crippen LogP contribution in [0.25, 0.3) is 0 Å². The van der Waals surface area contributed by atoms with Crippen molar-refractivity contribution < 1.29 is 35.0 Å². The van der Waals surface area contributed by atoms with Gasteiger partial charge in [-0.15, -0.1) is 0 Å². The largest absolute Gasteiger partial charge is 0.394 e. The summed E-state index contributed by atoms with van der Waals surface area (Å²) >= 11 is 0. The maximum absolute atomic E-state index is 11.5. The van der Waals surface area contributed by atoms with Gasteiger partial charge in [-0.3, -0.25) is 0 Å². The molecule has 0 bridgehead atoms. The Labute approximate surface area is 241 Å². The molecule has 13 atom stereocenters. The quantitative estimate of drug-likeness (QED) is 0.217. The van der Waals surface area contributed by atoms with E-state index in [1.165, 1.54) is 50.5 Å². The van der Waals surface area contributed by atoms with Crippen LogP contribution in [-0.2, 0) is 9.47 Å². The van der Waals surface area contributed by atoms with E-state index in [0.717, 1.165) is 36.5 Å². The Morgan fingerprint density at radius 1 is 0.950 bits per heavy atom. The molecule has 7 heteroatoms. The molecule has 7 nitrogen and oxygen atoms in total. The summed E-state index contributed by atoms with van der Waals surface area (Å²) in [4.78, 5) is 0. The Bertz CT molecular complexity index is 920. The van der Waals surface area contributed by atoms with Crippen LogP contribution in [0.2, 0.25) is 0 Å². The average Bonchev–Trinajstić information content (AvgIpc) is 3.26. The molecule has 3 saturated carbocycles. The van der Waals surface area contributed by atoms with Crippen LogP contribution in [0.5, 0.6) is 0 Å². The van der Waals surface area contributed by atoms with Crippen LogP contribution >= 0.6 is 0 Å². The number of ether oxygens (including phenoxy) is 2. The molecular formula is C33H56O7. The van der Waals surface area contributed by atoms with Crippen molar-refractivity contribution in [3.63, 3.8) is 0 Å². The highest BCUT2D eigenvalue weighted by Gasteiger charge is 2.60. The van der Waals surface area contributed by atoms with Crippen molar-refractivity contribution in [2.45, 2.75) is 142 Å². The van der Waals surface area contributed by atoms with Crippen LogP contribution < -0.4 is 0 Å². The summed E-state index contributed by atoms with van der Waals surface area (Å²) < 4.78 is 11.5. The summed E-state index contributed by atoms with van der Waals surface area (Å²) in [6.45, 7) is 11.7. The molecule has 0 aromatic rings. The minimum atomic E-state index is -1.53. The molecule has 5 N–H and O–H groups in total. The Morgan fingerprint density at radius 2 is 1.70 bits per heavy atom. The molecular weight excluding hydrogens is 508 g/mol. The van der Waals surface area contributed by atoms with Crippen LogP contribution in [0.1, 0.15) is 105 Å². The van der Waals surface area contributed by atoms with Gasteiger partial charge in [-0.1, -0.05) is 65.5 Å². The van der Waals surface area contributed by atoms with E-state index < -0.39 is 43.1 Å². The lowest BCUT2D eigenvalue weighted by Gasteiger charge is -2.59. The first kappa shape index (κ1) is 30.9. The van der Waals surface area contributed by atoms with Gasteiger partial charge in [0.05, 0.1) is 6.61 Å². The molecule has 0 amide bonds. The molecule has 4 fully saturated rings. The van der Waals surface area contributed by atoms with E-state index in [1.807, 2.05) is 0 Å². The first-order valence-electron chi connectivity index (χ1n) is 16.2. The highest BCUT2D eigenvalue weighted by atomic mass is 16.8. The minimum absolute atomic E-state index is 0.0240. The standard InChI is InChI=1S/C33H56O7/c1-19(2)7-6-8-20(3)23-11-12-24-22-10-9-21-17-33(38,16-15-31(21,4)25(22)13-14-32(23,24)5)40-30-29(37)28(36)27(35)26(18-34)39-30/h9,19-20,22-30,34-38H,6-8,10-18H2,1-5H3/t20-,22+,23-,24+,25+,26-,27-,28+,29-,30+,31+,32-,33-/m1/s1. The van der Waals surface area contributed by atoms with Gasteiger partial charge in [-0.25, -0.2) is 0 Å². The second-order valence-electron chi connectivity index (χ2n) is 15.2. The van der Waals surface area contributed by atoms with E-state index in [4.69, 9.17) is 9.47 Å². The SMILES string of the molecule is CC(C)CCC[C@@H](C)[C@H]1CC[C@H]2[C@@H]3CC=C4C[C@](O)(O[C@@H]5O[C@H](CO)[C@@H](O)[C@H](O)[C@H]5O)CC[C@]4(C)[C@H]3CC[C@]12C. The molecule has 0 spiro atoms. The van der Waals surface area contributed by atoms with Gasteiger partial charge in [0.1, 0.15) is 24.4 Å². The zero-order valence-corrected chi connectivity index (χ0v) is 25.5. The van der Waals surface area contributed by atoms with Gasteiger partial charge in [-0.2, -0.15) is 0 Å². The molecule has 0 aromatic heterocycles. The van der Waals surface area contributed by atoms with E-state index in [1.54, 1.807) is 0 Å². The van der Waals surface area contributed by atoms with E-state index in [-0.39, 0.29) is 5.41 Å². The predicted octanol–water partition coefficient (Wildman–Crippen LogP) is 4.53. The average molecular weight is 565 g/mol. The van der Waals surface area contributed by atoms with Gasteiger partial charge in [0.2, 0.25) is 0 Å². The number of aliphatic hydroxyl groups is 5. The maximum atomic E-state index is 11.5. The van der Waals surface area contributed by atoms with Gasteiger partial charge in [-0.05, 0) is 84.9 Å². The third-order valence-corrected chi connectivity index (χ3v) is 12.5. The van der Waals surface area contributed by atoms with E-state index in [9.17, 15) is 25.5 Å². The summed E-state index contributed by atoms with van der Waals surface area (Å²) in [5.74, 6) is 2.94. The first-order chi connectivity index (χ1) is 18.8. The Kier molecular flexibility index (Phi) is 8.90. The lowest BCUT2D eigenvalue weighted by Crippen LogP contribution is -2.61. The number of rotatable bonds is 8. The van der Waals surface area contributed by atoms with Gasteiger partial charge in [0, 0.05) is 12.8 Å². The summed E-state index contributed by atoms with van der Waals surface area (Å²) in [6, 6.07) is 0. The van der Waals surface area contributed by atoms with Gasteiger partial charge in [0.15, 0.2) is 12.1 Å². The molecule has 1 saturated heterocycles. The predicted molar refractivity (Wildman–Crippen MR) is 153 cm³/mol. The van der Waals surface area contributed by atoms with Gasteiger partial charge in [0.25, 0.3) is 0 Å². The minimum Gasteiger partial charge on any atom is -0.394 e. The topological polar surface area (TPSA) is 120 Å². The van der Waals surface area contributed by atoms with E-state index >= 15 is 0 Å². The fraction of sp³-hybridized carbons (Fsp3) is 0.939. The van der Waals surface area contributed by atoms with Crippen LogP contribution in [0.15, 0.2) is 11.6 Å². The number of hydrogen-bond donors (Lipinski definition) is 5. The van der Waals surface area contributed by atoms with Crippen LogP contribution in [0, 0.1) is 46.3 Å². The second-order valence-corrected chi connectivity index (χ2v) is 15.2. The number of aliphatic hydroxyl groups excluding tert-OH is 4. The fourth-order valence-corrected chi connectivity index (χ4v) is 10.1. The lowest BCUT2D eigenvalue weighted by atomic mass is 9.46. The zero-order chi connectivity index (χ0) is 29.0. The van der Waals surface area contributed by atoms with Gasteiger partial charge >= 0.3 is 0 Å². The maximum Gasteiger partial charge on any atom is 0.189 e. The van der Waals surface area contributed by atoms with E-state index in [0.29, 0.717) is 30.1 Å². The van der Waals surface area contributed by atoms with Crippen molar-refractivity contribution in [1.29, 1.82) is 0 Å². The highest BCUT2D eigenvalue weighted by Crippen LogP contribution is 2.68. The van der Waals surface area contributed by atoms with Crippen molar-refractivity contribution in [3.8, 4) is 0 Å². The summed E-state index contributed by atoms with van der Waals surface area (Å²) in [7, 11) is 0. The Morgan fingerprint density at radius 3 is 2.40 bits per heavy atom. The Hall–Kier alpha value is -0.540. The third kappa shape index (κ3) is 5.35. The van der Waals surface area contributed by atoms with Crippen LogP contribution in [-0.4, -0.2) is 68.6 Å². The lowest BCUT2D eigenvalue weighted by molar-refractivity contribution is -0.366. The molecule has 5 rings (SSSR count). The van der Waals surface area contributed by atoms with E-state index in [2.05, 4.69) is 40.7 Å². The monoisotopic (exact) mass is 564 g/mol. The number of fused-ring (bicyclic) bond motifs is 5. The molecule has 0 aromatic carbocycles. The first-order valence-corrected chi connectivity index (χ1v) is 16.2. The molecule has 0 unspecified atom stereocenters. The number of allylic oxidation sites excluding steroid dienone is 1. The third-order valence-electron chi connectivity index (χ3n) is 12.5. The van der Waals surface area contributed by atoms with Crippen LogP contribution in [0.4, 0.5) is 0 Å². The fourth-order valence-electron chi connectivity index (χ4n) is 10.1. The molecule has 5 aliphatic rings. The summed E-state index contributed by atoms with van der Waals surface area (Å²) in [5.41, 5.74) is 1.70. The Balaban J connectivity index is 1.27. The smallest absolute Gasteiger partial charge is 0.189 e. The molecule has 1 heterocycles. The second kappa shape index (κ2) is 11.5. The normalized spacial score (nSPS) is 49.7. The highest BCUT2D eigenvalue weighted by molar-refractivity contribution is 5.26. The molecule has 40 heavy (non-hydrogen) atoms. The van der Waals surface area contributed by atoms with Crippen molar-refractivity contribution >= 4 is 0 Å². The molecule has 1 aliphatic heterocycles. The molecule has 0 radical (unpaired) electrons. The van der Waals surface area contributed by atoms with Crippen molar-refractivity contribution in [1.82, 2.24) is 0 Å². The summed E-state index contributed by atoms with van der Waals surface area (Å²) in [6.07, 6.45) is 7.43. The zero-order valence-electron chi connectivity index (χ0n) is 25.5. The van der Waals surface area contributed by atoms with Crippen molar-refractivity contribution in [2.75, 3.05) is 6.61 Å². The number of hydrogen-bond acceptors (Lipinski definition) is 7. The molecule has 4 aliphatic carbocycles. The van der Waals surface area contributed by atoms with Gasteiger partial charge < -0.3 is 35.0 Å².